The van der Waals surface area contributed by atoms with Gasteiger partial charge in [-0.05, 0) is 18.9 Å². The minimum Gasteiger partial charge on any atom is -0.381 e. The van der Waals surface area contributed by atoms with Crippen molar-refractivity contribution in [1.82, 2.24) is 9.78 Å². The Bertz CT molecular complexity index is 367. The Morgan fingerprint density at radius 2 is 2.00 bits per heavy atom. The third-order valence-electron chi connectivity index (χ3n) is 2.85. The number of aryl methyl sites for hydroxylation is 1. The van der Waals surface area contributed by atoms with Crippen LogP contribution in [0.3, 0.4) is 0 Å². The smallest absolute Gasteiger partial charge is 0.381 e. The van der Waals surface area contributed by atoms with Crippen molar-refractivity contribution in [3.05, 3.63) is 17.5 Å². The van der Waals surface area contributed by atoms with Gasteiger partial charge in [-0.25, -0.2) is 0 Å². The summed E-state index contributed by atoms with van der Waals surface area (Å²) in [5, 5.41) is 3.51. The molecule has 0 spiro atoms. The Morgan fingerprint density at radius 1 is 1.38 bits per heavy atom. The second kappa shape index (κ2) is 4.08. The summed E-state index contributed by atoms with van der Waals surface area (Å²) in [5.74, 6) is 0.127. The molecule has 1 fully saturated rings. The van der Waals surface area contributed by atoms with Crippen molar-refractivity contribution in [2.45, 2.75) is 24.9 Å². The number of nitrogens with zero attached hydrogens (tertiary/aromatic N) is 2. The molecule has 16 heavy (non-hydrogen) atoms. The van der Waals surface area contributed by atoms with Gasteiger partial charge in [0.2, 0.25) is 0 Å². The lowest BCUT2D eigenvalue weighted by atomic mass is 9.96. The molecule has 0 radical (unpaired) electrons. The Morgan fingerprint density at radius 3 is 2.50 bits per heavy atom. The zero-order valence-electron chi connectivity index (χ0n) is 8.92. The van der Waals surface area contributed by atoms with Gasteiger partial charge in [0, 0.05) is 31.9 Å². The Hall–Kier alpha value is -1.04. The maximum Gasteiger partial charge on any atom is 0.435 e. The highest BCUT2D eigenvalue weighted by molar-refractivity contribution is 5.17. The average Bonchev–Trinajstić information content (AvgIpc) is 2.61. The minimum absolute atomic E-state index is 0.127. The standard InChI is InChI=1S/C10H13F3N2O/c1-15-8(7-2-4-16-5-3-7)6-9(14-15)10(11,12)13/h6-7H,2-5H2,1H3. The fourth-order valence-electron chi connectivity index (χ4n) is 2.00. The molecule has 1 saturated heterocycles. The molecule has 6 heteroatoms. The van der Waals surface area contributed by atoms with E-state index in [1.807, 2.05) is 0 Å². The van der Waals surface area contributed by atoms with E-state index in [1.165, 1.54) is 4.68 Å². The van der Waals surface area contributed by atoms with E-state index in [-0.39, 0.29) is 5.92 Å². The van der Waals surface area contributed by atoms with Crippen LogP contribution in [0.1, 0.15) is 30.1 Å². The second-order valence-corrected chi connectivity index (χ2v) is 3.96. The minimum atomic E-state index is -4.36. The Labute approximate surface area is 91.2 Å². The van der Waals surface area contributed by atoms with Crippen LogP contribution in [0.15, 0.2) is 6.07 Å². The van der Waals surface area contributed by atoms with Crippen LogP contribution in [0.25, 0.3) is 0 Å². The first-order chi connectivity index (χ1) is 7.48. The number of aromatic nitrogens is 2. The van der Waals surface area contributed by atoms with Crippen LogP contribution in [0, 0.1) is 0 Å². The molecule has 1 aromatic rings. The molecular formula is C10H13F3N2O. The van der Waals surface area contributed by atoms with Gasteiger partial charge < -0.3 is 4.74 Å². The van der Waals surface area contributed by atoms with Gasteiger partial charge in [0.05, 0.1) is 0 Å². The fraction of sp³-hybridized carbons (Fsp3) is 0.700. The van der Waals surface area contributed by atoms with Gasteiger partial charge in [0.15, 0.2) is 5.69 Å². The predicted octanol–water partition coefficient (Wildman–Crippen LogP) is 2.33. The number of halogens is 3. The molecule has 0 unspecified atom stereocenters. The van der Waals surface area contributed by atoms with Crippen LogP contribution >= 0.6 is 0 Å². The largest absolute Gasteiger partial charge is 0.435 e. The van der Waals surface area contributed by atoms with Crippen LogP contribution < -0.4 is 0 Å². The van der Waals surface area contributed by atoms with Gasteiger partial charge in [0.25, 0.3) is 0 Å². The van der Waals surface area contributed by atoms with Crippen LogP contribution in [0.2, 0.25) is 0 Å². The third kappa shape index (κ3) is 2.21. The van der Waals surface area contributed by atoms with Crippen molar-refractivity contribution in [1.29, 1.82) is 0 Å². The maximum atomic E-state index is 12.4. The number of ether oxygens (including phenoxy) is 1. The van der Waals surface area contributed by atoms with Crippen molar-refractivity contribution >= 4 is 0 Å². The molecule has 2 heterocycles. The quantitative estimate of drug-likeness (QED) is 0.745. The summed E-state index contributed by atoms with van der Waals surface area (Å²) < 4.78 is 43.9. The Kier molecular flexibility index (Phi) is 2.92. The SMILES string of the molecule is Cn1nc(C(F)(F)F)cc1C1CCOCC1. The zero-order valence-corrected chi connectivity index (χ0v) is 8.92. The van der Waals surface area contributed by atoms with Gasteiger partial charge in [-0.1, -0.05) is 0 Å². The van der Waals surface area contributed by atoms with Crippen molar-refractivity contribution in [3.8, 4) is 0 Å². The number of rotatable bonds is 1. The van der Waals surface area contributed by atoms with Gasteiger partial charge in [-0.2, -0.15) is 18.3 Å². The number of hydrogen-bond acceptors (Lipinski definition) is 2. The molecule has 90 valence electrons. The van der Waals surface area contributed by atoms with Crippen molar-refractivity contribution < 1.29 is 17.9 Å². The average molecular weight is 234 g/mol. The molecule has 0 atom stereocenters. The van der Waals surface area contributed by atoms with Crippen molar-refractivity contribution in [2.75, 3.05) is 13.2 Å². The van der Waals surface area contributed by atoms with E-state index in [4.69, 9.17) is 4.74 Å². The van der Waals surface area contributed by atoms with Crippen LogP contribution in [-0.2, 0) is 18.0 Å². The van der Waals surface area contributed by atoms with E-state index in [0.717, 1.165) is 18.9 Å². The van der Waals surface area contributed by atoms with E-state index in [0.29, 0.717) is 18.9 Å². The fourth-order valence-corrected chi connectivity index (χ4v) is 2.00. The zero-order chi connectivity index (χ0) is 11.8. The van der Waals surface area contributed by atoms with Crippen LogP contribution in [0.5, 0.6) is 0 Å². The van der Waals surface area contributed by atoms with E-state index >= 15 is 0 Å². The first-order valence-corrected chi connectivity index (χ1v) is 5.17. The molecule has 0 aliphatic carbocycles. The van der Waals surface area contributed by atoms with Gasteiger partial charge >= 0.3 is 6.18 Å². The van der Waals surface area contributed by atoms with Crippen molar-refractivity contribution in [3.63, 3.8) is 0 Å². The first-order valence-electron chi connectivity index (χ1n) is 5.17. The summed E-state index contributed by atoms with van der Waals surface area (Å²) in [5.41, 5.74) is -0.160. The van der Waals surface area contributed by atoms with Crippen molar-refractivity contribution in [2.24, 2.45) is 7.05 Å². The van der Waals surface area contributed by atoms with E-state index < -0.39 is 11.9 Å². The normalized spacial score (nSPS) is 19.0. The molecule has 1 aliphatic rings. The molecule has 0 aromatic carbocycles. The first kappa shape index (κ1) is 11.4. The molecule has 1 aliphatic heterocycles. The molecule has 0 bridgehead atoms. The molecule has 0 saturated carbocycles. The highest BCUT2D eigenvalue weighted by Crippen LogP contribution is 2.33. The molecule has 2 rings (SSSR count). The predicted molar refractivity (Wildman–Crippen MR) is 51.0 cm³/mol. The van der Waals surface area contributed by atoms with E-state index in [2.05, 4.69) is 5.10 Å². The highest BCUT2D eigenvalue weighted by Gasteiger charge is 2.35. The number of alkyl halides is 3. The van der Waals surface area contributed by atoms with Crippen LogP contribution in [0.4, 0.5) is 13.2 Å². The van der Waals surface area contributed by atoms with E-state index in [1.54, 1.807) is 7.05 Å². The second-order valence-electron chi connectivity index (χ2n) is 3.96. The van der Waals surface area contributed by atoms with Gasteiger partial charge in [0.1, 0.15) is 0 Å². The summed E-state index contributed by atoms with van der Waals surface area (Å²) >= 11 is 0. The third-order valence-corrected chi connectivity index (χ3v) is 2.85. The summed E-state index contributed by atoms with van der Waals surface area (Å²) in [6, 6.07) is 1.15. The van der Waals surface area contributed by atoms with Gasteiger partial charge in [-0.15, -0.1) is 0 Å². The summed E-state index contributed by atoms with van der Waals surface area (Å²) in [6.07, 6.45) is -2.84. The molecular weight excluding hydrogens is 221 g/mol. The molecule has 0 N–H and O–H groups in total. The summed E-state index contributed by atoms with van der Waals surface area (Å²) in [4.78, 5) is 0. The summed E-state index contributed by atoms with van der Waals surface area (Å²) in [7, 11) is 1.56. The van der Waals surface area contributed by atoms with Gasteiger partial charge in [-0.3, -0.25) is 4.68 Å². The topological polar surface area (TPSA) is 27.1 Å². The molecule has 0 amide bonds. The lowest BCUT2D eigenvalue weighted by Crippen LogP contribution is -2.16. The lowest BCUT2D eigenvalue weighted by Gasteiger charge is -2.21. The monoisotopic (exact) mass is 234 g/mol. The van der Waals surface area contributed by atoms with Crippen LogP contribution in [-0.4, -0.2) is 23.0 Å². The maximum absolute atomic E-state index is 12.4. The summed E-state index contributed by atoms with van der Waals surface area (Å²) in [6.45, 7) is 1.22. The lowest BCUT2D eigenvalue weighted by molar-refractivity contribution is -0.141. The molecule has 1 aromatic heterocycles. The highest BCUT2D eigenvalue weighted by atomic mass is 19.4. The van der Waals surface area contributed by atoms with E-state index in [9.17, 15) is 13.2 Å². The molecule has 3 nitrogen and oxygen atoms in total. The Balaban J connectivity index is 2.24. The number of hydrogen-bond donors (Lipinski definition) is 0.